The van der Waals surface area contributed by atoms with E-state index in [1.165, 1.54) is 59.6 Å². The van der Waals surface area contributed by atoms with E-state index in [0.717, 1.165) is 33.5 Å². The Kier molecular flexibility index (Phi) is 5.08. The molecular formula is C44H26N4. The minimum Gasteiger partial charge on any atom is -0.308 e. The van der Waals surface area contributed by atoms with Crippen molar-refractivity contribution in [3.8, 4) is 28.5 Å². The number of para-hydroxylation sites is 2. The van der Waals surface area contributed by atoms with Crippen LogP contribution in [0.3, 0.4) is 0 Å². The second-order valence-electron chi connectivity index (χ2n) is 12.6. The highest BCUT2D eigenvalue weighted by molar-refractivity contribution is 6.33. The lowest BCUT2D eigenvalue weighted by molar-refractivity contribution is 0.996. The van der Waals surface area contributed by atoms with Crippen molar-refractivity contribution in [2.24, 2.45) is 0 Å². The van der Waals surface area contributed by atoms with E-state index in [0.29, 0.717) is 5.95 Å². The quantitative estimate of drug-likeness (QED) is 0.199. The molecule has 0 fully saturated rings. The Labute approximate surface area is 275 Å². The van der Waals surface area contributed by atoms with E-state index in [1.54, 1.807) is 0 Å². The van der Waals surface area contributed by atoms with Crippen LogP contribution in [-0.2, 0) is 0 Å². The van der Waals surface area contributed by atoms with Gasteiger partial charge in [-0.05, 0) is 46.5 Å². The number of aromatic nitrogens is 4. The van der Waals surface area contributed by atoms with Gasteiger partial charge in [-0.3, -0.25) is 4.57 Å². The van der Waals surface area contributed by atoms with Crippen molar-refractivity contribution in [3.63, 3.8) is 0 Å². The fourth-order valence-electron chi connectivity index (χ4n) is 8.06. The van der Waals surface area contributed by atoms with Crippen LogP contribution < -0.4 is 0 Å². The second-order valence-corrected chi connectivity index (χ2v) is 12.6. The standard InChI is InChI=1S/C44H26N4/c1-2-13-28(14-3-1)35-26-36(30-19-10-15-27-12-4-5-16-29(27)30)46-44(45-35)48-39-23-11-20-33-31-17-6-8-21-37(31)47-38-22-9-7-18-32(38)34-24-25-40(48)42(41(33)39)43(34)47/h1-26H. The van der Waals surface area contributed by atoms with E-state index in [4.69, 9.17) is 9.97 Å². The van der Waals surface area contributed by atoms with Crippen LogP contribution in [0.1, 0.15) is 0 Å². The minimum absolute atomic E-state index is 0.660. The third-order valence-electron chi connectivity index (χ3n) is 10.1. The Hall–Kier alpha value is -6.52. The first-order valence-corrected chi connectivity index (χ1v) is 16.4. The van der Waals surface area contributed by atoms with E-state index in [9.17, 15) is 0 Å². The van der Waals surface area contributed by atoms with Crippen LogP contribution in [0.2, 0.25) is 0 Å². The zero-order valence-electron chi connectivity index (χ0n) is 25.8. The van der Waals surface area contributed by atoms with Crippen LogP contribution in [-0.4, -0.2) is 18.9 Å². The molecule has 0 radical (unpaired) electrons. The maximum absolute atomic E-state index is 5.40. The van der Waals surface area contributed by atoms with Crippen molar-refractivity contribution in [1.29, 1.82) is 0 Å². The summed E-state index contributed by atoms with van der Waals surface area (Å²) in [4.78, 5) is 10.7. The molecule has 11 aromatic rings. The van der Waals surface area contributed by atoms with Gasteiger partial charge in [0.15, 0.2) is 0 Å². The fourth-order valence-corrected chi connectivity index (χ4v) is 8.06. The molecule has 7 aromatic carbocycles. The summed E-state index contributed by atoms with van der Waals surface area (Å²) in [6, 6.07) is 56.3. The molecule has 0 saturated heterocycles. The van der Waals surface area contributed by atoms with Gasteiger partial charge in [0.05, 0.1) is 39.0 Å². The molecule has 4 heteroatoms. The molecule has 0 aliphatic rings. The molecule has 0 spiro atoms. The maximum Gasteiger partial charge on any atom is 0.235 e. The highest BCUT2D eigenvalue weighted by Crippen LogP contribution is 2.45. The fraction of sp³-hybridized carbons (Fsp3) is 0. The van der Waals surface area contributed by atoms with E-state index in [1.807, 2.05) is 6.07 Å². The van der Waals surface area contributed by atoms with E-state index >= 15 is 0 Å². The first-order valence-electron chi connectivity index (χ1n) is 16.4. The van der Waals surface area contributed by atoms with Crippen molar-refractivity contribution < 1.29 is 0 Å². The van der Waals surface area contributed by atoms with Gasteiger partial charge in [-0.1, -0.05) is 127 Å². The molecule has 48 heavy (non-hydrogen) atoms. The first kappa shape index (κ1) is 25.6. The molecule has 0 aliphatic carbocycles. The molecule has 0 bridgehead atoms. The molecule has 0 saturated carbocycles. The average molecular weight is 611 g/mol. The van der Waals surface area contributed by atoms with Gasteiger partial charge in [0.1, 0.15) is 0 Å². The van der Waals surface area contributed by atoms with E-state index < -0.39 is 0 Å². The number of rotatable bonds is 3. The molecule has 0 aliphatic heterocycles. The van der Waals surface area contributed by atoms with Crippen molar-refractivity contribution in [2.45, 2.75) is 0 Å². The van der Waals surface area contributed by atoms with Gasteiger partial charge in [-0.15, -0.1) is 0 Å². The van der Waals surface area contributed by atoms with Gasteiger partial charge in [0.2, 0.25) is 5.95 Å². The monoisotopic (exact) mass is 610 g/mol. The zero-order chi connectivity index (χ0) is 31.3. The largest absolute Gasteiger partial charge is 0.308 e. The summed E-state index contributed by atoms with van der Waals surface area (Å²) in [5.41, 5.74) is 9.76. The Bertz CT molecular complexity index is 3050. The van der Waals surface area contributed by atoms with Crippen LogP contribution in [0, 0.1) is 0 Å². The molecule has 11 rings (SSSR count). The Morgan fingerprint density at radius 3 is 1.83 bits per heavy atom. The Morgan fingerprint density at radius 1 is 0.396 bits per heavy atom. The number of nitrogens with zero attached hydrogens (tertiary/aromatic N) is 4. The summed E-state index contributed by atoms with van der Waals surface area (Å²) in [7, 11) is 0. The Morgan fingerprint density at radius 2 is 1.00 bits per heavy atom. The average Bonchev–Trinajstić information content (AvgIpc) is 3.63. The number of hydrogen-bond donors (Lipinski definition) is 0. The lowest BCUT2D eigenvalue weighted by atomic mass is 10.0. The molecule has 0 N–H and O–H groups in total. The summed E-state index contributed by atoms with van der Waals surface area (Å²) < 4.78 is 4.75. The molecule has 0 amide bonds. The van der Waals surface area contributed by atoms with Crippen molar-refractivity contribution in [3.05, 3.63) is 158 Å². The highest BCUT2D eigenvalue weighted by atomic mass is 15.2. The third kappa shape index (κ3) is 3.38. The lowest BCUT2D eigenvalue weighted by Crippen LogP contribution is -2.04. The van der Waals surface area contributed by atoms with Crippen LogP contribution in [0.4, 0.5) is 0 Å². The maximum atomic E-state index is 5.40. The van der Waals surface area contributed by atoms with Crippen LogP contribution >= 0.6 is 0 Å². The number of benzene rings is 7. The second kappa shape index (κ2) is 9.50. The summed E-state index contributed by atoms with van der Waals surface area (Å²) in [5.74, 6) is 0.660. The van der Waals surface area contributed by atoms with Gasteiger partial charge in [0.25, 0.3) is 0 Å². The van der Waals surface area contributed by atoms with Crippen molar-refractivity contribution >= 4 is 70.7 Å². The van der Waals surface area contributed by atoms with Gasteiger partial charge < -0.3 is 4.40 Å². The van der Waals surface area contributed by atoms with E-state index in [-0.39, 0.29) is 0 Å². The van der Waals surface area contributed by atoms with E-state index in [2.05, 4.69) is 161 Å². The van der Waals surface area contributed by atoms with Crippen molar-refractivity contribution in [1.82, 2.24) is 18.9 Å². The van der Waals surface area contributed by atoms with Gasteiger partial charge in [0, 0.05) is 38.1 Å². The molecule has 0 atom stereocenters. The van der Waals surface area contributed by atoms with Gasteiger partial charge in [-0.2, -0.15) is 0 Å². The summed E-state index contributed by atoms with van der Waals surface area (Å²) >= 11 is 0. The predicted octanol–water partition coefficient (Wildman–Crippen LogP) is 11.2. The summed E-state index contributed by atoms with van der Waals surface area (Å²) in [6.45, 7) is 0. The van der Waals surface area contributed by atoms with Gasteiger partial charge in [-0.25, -0.2) is 9.97 Å². The zero-order valence-corrected chi connectivity index (χ0v) is 25.8. The molecular weight excluding hydrogens is 585 g/mol. The molecule has 4 heterocycles. The molecule has 4 aromatic heterocycles. The minimum atomic E-state index is 0.660. The van der Waals surface area contributed by atoms with Gasteiger partial charge >= 0.3 is 0 Å². The van der Waals surface area contributed by atoms with Crippen LogP contribution in [0.25, 0.3) is 99.1 Å². The SMILES string of the molecule is c1ccc(-c2cc(-c3cccc4ccccc34)nc(-n3c4cccc5c6ccccc6n6c7ccccc7c7ccc3c(c54)c76)n2)cc1. The normalized spacial score (nSPS) is 12.2. The summed E-state index contributed by atoms with van der Waals surface area (Å²) in [5, 5.41) is 9.76. The summed E-state index contributed by atoms with van der Waals surface area (Å²) in [6.07, 6.45) is 0. The highest BCUT2D eigenvalue weighted by Gasteiger charge is 2.24. The smallest absolute Gasteiger partial charge is 0.235 e. The third-order valence-corrected chi connectivity index (χ3v) is 10.1. The van der Waals surface area contributed by atoms with Crippen LogP contribution in [0.15, 0.2) is 158 Å². The Balaban J connectivity index is 1.34. The molecule has 222 valence electrons. The predicted molar refractivity (Wildman–Crippen MR) is 199 cm³/mol. The number of hydrogen-bond acceptors (Lipinski definition) is 2. The van der Waals surface area contributed by atoms with Crippen LogP contribution in [0.5, 0.6) is 0 Å². The first-order chi connectivity index (χ1) is 23.8. The number of fused-ring (bicyclic) bond motifs is 7. The topological polar surface area (TPSA) is 35.1 Å². The lowest BCUT2D eigenvalue weighted by Gasteiger charge is -2.13. The van der Waals surface area contributed by atoms with Crippen molar-refractivity contribution in [2.75, 3.05) is 0 Å². The molecule has 0 unspecified atom stereocenters. The molecule has 4 nitrogen and oxygen atoms in total.